The molecule has 1 aliphatic rings. The molecule has 0 saturated heterocycles. The number of benzene rings is 1. The zero-order chi connectivity index (χ0) is 31.4. The SMILES string of the molecule is CCCCCCCCCCCCCC(=O)NCCC[N@@+]1(Cc2ccccc2)CCN=C1CCCCCCCCCCCCC. The smallest absolute Gasteiger partial charge is 0.219 e. The maximum Gasteiger partial charge on any atom is 0.219 e. The van der Waals surface area contributed by atoms with Gasteiger partial charge < -0.3 is 5.32 Å². The standard InChI is InChI=1S/C40H71N3O/c1-3-5-7-9-11-13-15-17-19-21-26-31-39-41-34-36-43(39,37-38-29-24-23-25-30-38)35-28-33-42-40(44)32-27-22-20-18-16-14-12-10-8-6-4-2/h23-25,29-30H,3-22,26-28,31-37H2,1-2H3/p+1/t43-/m0/s1. The third-order valence-corrected chi connectivity index (χ3v) is 9.79. The largest absolute Gasteiger partial charge is 0.356 e. The summed E-state index contributed by atoms with van der Waals surface area (Å²) in [6, 6.07) is 11.0. The molecule has 4 nitrogen and oxygen atoms in total. The number of unbranched alkanes of at least 4 members (excludes halogenated alkanes) is 20. The molecule has 2 rings (SSSR count). The summed E-state index contributed by atoms with van der Waals surface area (Å²) in [5.41, 5.74) is 1.40. The number of nitrogens with zero attached hydrogens (tertiary/aromatic N) is 2. The van der Waals surface area contributed by atoms with Crippen LogP contribution in [-0.4, -0.2) is 42.4 Å². The van der Waals surface area contributed by atoms with Crippen LogP contribution < -0.4 is 5.32 Å². The van der Waals surface area contributed by atoms with Gasteiger partial charge in [0.15, 0.2) is 5.84 Å². The summed E-state index contributed by atoms with van der Waals surface area (Å²) in [7, 11) is 0. The molecule has 0 radical (unpaired) electrons. The molecule has 44 heavy (non-hydrogen) atoms. The second-order valence-corrected chi connectivity index (χ2v) is 13.8. The molecule has 1 aromatic carbocycles. The van der Waals surface area contributed by atoms with Crippen LogP contribution in [0.25, 0.3) is 0 Å². The van der Waals surface area contributed by atoms with E-state index < -0.39 is 0 Å². The number of hydrogen-bond acceptors (Lipinski definition) is 2. The molecule has 0 aromatic heterocycles. The Morgan fingerprint density at radius 2 is 1.16 bits per heavy atom. The van der Waals surface area contributed by atoms with Gasteiger partial charge in [0, 0.05) is 31.4 Å². The molecule has 0 unspecified atom stereocenters. The molecule has 252 valence electrons. The second-order valence-electron chi connectivity index (χ2n) is 13.8. The van der Waals surface area contributed by atoms with Gasteiger partial charge in [0.25, 0.3) is 0 Å². The Bertz CT molecular complexity index is 838. The van der Waals surface area contributed by atoms with Crippen molar-refractivity contribution < 1.29 is 9.28 Å². The van der Waals surface area contributed by atoms with E-state index in [0.29, 0.717) is 6.42 Å². The quantitative estimate of drug-likeness (QED) is 0.0683. The zero-order valence-corrected chi connectivity index (χ0v) is 29.4. The molecule has 0 bridgehead atoms. The van der Waals surface area contributed by atoms with Gasteiger partial charge in [0.1, 0.15) is 13.1 Å². The number of rotatable bonds is 30. The van der Waals surface area contributed by atoms with Crippen molar-refractivity contribution in [3.8, 4) is 0 Å². The van der Waals surface area contributed by atoms with E-state index in [1.165, 1.54) is 146 Å². The van der Waals surface area contributed by atoms with Crippen LogP contribution in [0.5, 0.6) is 0 Å². The van der Waals surface area contributed by atoms with Gasteiger partial charge in [0.05, 0.1) is 13.1 Å². The van der Waals surface area contributed by atoms with Gasteiger partial charge in [0.2, 0.25) is 5.91 Å². The van der Waals surface area contributed by atoms with Gasteiger partial charge in [-0.1, -0.05) is 173 Å². The van der Waals surface area contributed by atoms with Crippen LogP contribution in [0.15, 0.2) is 35.3 Å². The highest BCUT2D eigenvalue weighted by Crippen LogP contribution is 2.25. The number of quaternary nitrogens is 1. The van der Waals surface area contributed by atoms with Crippen molar-refractivity contribution in [3.63, 3.8) is 0 Å². The summed E-state index contributed by atoms with van der Waals surface area (Å²) in [5.74, 6) is 1.66. The van der Waals surface area contributed by atoms with Crippen LogP contribution in [0, 0.1) is 0 Å². The molecular weight excluding hydrogens is 538 g/mol. The first-order valence-corrected chi connectivity index (χ1v) is 19.4. The molecule has 1 amide bonds. The van der Waals surface area contributed by atoms with E-state index in [0.717, 1.165) is 56.5 Å². The summed E-state index contributed by atoms with van der Waals surface area (Å²) in [5, 5.41) is 3.24. The Labute approximate surface area is 273 Å². The molecule has 1 heterocycles. The number of amidine groups is 1. The van der Waals surface area contributed by atoms with Gasteiger partial charge >= 0.3 is 0 Å². The summed E-state index contributed by atoms with van der Waals surface area (Å²) in [4.78, 5) is 17.6. The van der Waals surface area contributed by atoms with Gasteiger partial charge in [-0.2, -0.15) is 0 Å². The third kappa shape index (κ3) is 18.3. The fraction of sp³-hybridized carbons (Fsp3) is 0.800. The first-order valence-electron chi connectivity index (χ1n) is 19.4. The normalized spacial score (nSPS) is 16.4. The molecular formula is C40H72N3O+. The lowest BCUT2D eigenvalue weighted by Gasteiger charge is -2.35. The highest BCUT2D eigenvalue weighted by Gasteiger charge is 2.37. The molecule has 1 N–H and O–H groups in total. The maximum absolute atomic E-state index is 12.5. The average molecular weight is 611 g/mol. The van der Waals surface area contributed by atoms with Crippen molar-refractivity contribution in [1.29, 1.82) is 0 Å². The molecule has 0 saturated carbocycles. The predicted molar refractivity (Wildman–Crippen MR) is 192 cm³/mol. The monoisotopic (exact) mass is 611 g/mol. The van der Waals surface area contributed by atoms with Crippen molar-refractivity contribution in [2.45, 2.75) is 181 Å². The van der Waals surface area contributed by atoms with Gasteiger partial charge in [-0.25, -0.2) is 4.99 Å². The molecule has 1 aliphatic heterocycles. The van der Waals surface area contributed by atoms with Crippen LogP contribution in [0.4, 0.5) is 0 Å². The summed E-state index contributed by atoms with van der Waals surface area (Å²) >= 11 is 0. The van der Waals surface area contributed by atoms with E-state index in [4.69, 9.17) is 4.99 Å². The fourth-order valence-electron chi connectivity index (χ4n) is 6.98. The topological polar surface area (TPSA) is 41.5 Å². The Hall–Kier alpha value is -1.68. The summed E-state index contributed by atoms with van der Waals surface area (Å²) in [6.45, 7) is 9.53. The molecule has 1 atom stereocenters. The van der Waals surface area contributed by atoms with Crippen molar-refractivity contribution in [3.05, 3.63) is 35.9 Å². The number of nitrogens with one attached hydrogen (secondary N) is 1. The first kappa shape index (κ1) is 38.5. The average Bonchev–Trinajstić information content (AvgIpc) is 3.43. The second kappa shape index (κ2) is 26.5. The van der Waals surface area contributed by atoms with Crippen LogP contribution in [0.1, 0.15) is 180 Å². The Morgan fingerprint density at radius 3 is 1.70 bits per heavy atom. The lowest BCUT2D eigenvalue weighted by molar-refractivity contribution is -0.850. The molecule has 0 spiro atoms. The van der Waals surface area contributed by atoms with Gasteiger partial charge in [-0.15, -0.1) is 0 Å². The van der Waals surface area contributed by atoms with Crippen LogP contribution >= 0.6 is 0 Å². The van der Waals surface area contributed by atoms with Crippen LogP contribution in [-0.2, 0) is 11.3 Å². The Balaban J connectivity index is 1.63. The summed E-state index contributed by atoms with van der Waals surface area (Å²) in [6.07, 6.45) is 32.6. The molecule has 1 aromatic rings. The third-order valence-electron chi connectivity index (χ3n) is 9.79. The van der Waals surface area contributed by atoms with Crippen molar-refractivity contribution in [2.24, 2.45) is 4.99 Å². The summed E-state index contributed by atoms with van der Waals surface area (Å²) < 4.78 is 0.996. The molecule has 4 heteroatoms. The van der Waals surface area contributed by atoms with Crippen LogP contribution in [0.2, 0.25) is 0 Å². The Morgan fingerprint density at radius 1 is 0.659 bits per heavy atom. The minimum absolute atomic E-state index is 0.242. The van der Waals surface area contributed by atoms with E-state index >= 15 is 0 Å². The number of carbonyl (C=O) groups excluding carboxylic acids is 1. The zero-order valence-electron chi connectivity index (χ0n) is 29.4. The predicted octanol–water partition coefficient (Wildman–Crippen LogP) is 11.3. The van der Waals surface area contributed by atoms with E-state index in [1.54, 1.807) is 0 Å². The first-order chi connectivity index (χ1) is 21.7. The van der Waals surface area contributed by atoms with Crippen LogP contribution in [0.3, 0.4) is 0 Å². The minimum Gasteiger partial charge on any atom is -0.356 e. The minimum atomic E-state index is 0.242. The van der Waals surface area contributed by atoms with E-state index in [9.17, 15) is 4.79 Å². The molecule has 0 aliphatic carbocycles. The van der Waals surface area contributed by atoms with Gasteiger partial charge in [-0.05, 0) is 12.8 Å². The van der Waals surface area contributed by atoms with Crippen molar-refractivity contribution >= 4 is 11.7 Å². The lowest BCUT2D eigenvalue weighted by atomic mass is 10.0. The Kier molecular flexibility index (Phi) is 23.2. The van der Waals surface area contributed by atoms with E-state index in [1.807, 2.05) is 0 Å². The molecule has 0 fully saturated rings. The van der Waals surface area contributed by atoms with E-state index in [-0.39, 0.29) is 5.91 Å². The van der Waals surface area contributed by atoms with Crippen molar-refractivity contribution in [1.82, 2.24) is 5.32 Å². The maximum atomic E-state index is 12.5. The van der Waals surface area contributed by atoms with E-state index in [2.05, 4.69) is 49.5 Å². The number of aliphatic imine (C=N–C) groups is 1. The highest BCUT2D eigenvalue weighted by atomic mass is 16.1. The number of carbonyl (C=O) groups is 1. The highest BCUT2D eigenvalue weighted by molar-refractivity contribution is 5.77. The number of hydrogen-bond donors (Lipinski definition) is 1. The number of amides is 1. The fourth-order valence-corrected chi connectivity index (χ4v) is 6.98. The lowest BCUT2D eigenvalue weighted by Crippen LogP contribution is -2.51. The van der Waals surface area contributed by atoms with Gasteiger partial charge in [-0.3, -0.25) is 9.28 Å². The van der Waals surface area contributed by atoms with Crippen molar-refractivity contribution in [2.75, 3.05) is 26.2 Å².